The third kappa shape index (κ3) is 7.25. The maximum atomic E-state index is 11.8. The van der Waals surface area contributed by atoms with Crippen molar-refractivity contribution in [2.75, 3.05) is 6.54 Å². The monoisotopic (exact) mass is 340 g/mol. The first-order chi connectivity index (χ1) is 9.40. The van der Waals surface area contributed by atoms with Gasteiger partial charge in [0.2, 0.25) is 0 Å². The predicted molar refractivity (Wildman–Crippen MR) is 81.4 cm³/mol. The van der Waals surface area contributed by atoms with Crippen LogP contribution >= 0.6 is 0 Å². The summed E-state index contributed by atoms with van der Waals surface area (Å²) in [5.74, 6) is 0. The first-order valence-corrected chi connectivity index (χ1v) is 7.33. The van der Waals surface area contributed by atoms with Crippen LogP contribution in [0.4, 0.5) is 4.79 Å². The fourth-order valence-corrected chi connectivity index (χ4v) is 1.84. The van der Waals surface area contributed by atoms with Crippen molar-refractivity contribution in [2.24, 2.45) is 4.99 Å². The summed E-state index contributed by atoms with van der Waals surface area (Å²) in [5.41, 5.74) is 0.638. The quantitative estimate of drug-likeness (QED) is 0.660. The van der Waals surface area contributed by atoms with Crippen molar-refractivity contribution in [3.8, 4) is 0 Å². The number of hydrogen-bond donors (Lipinski definition) is 1. The summed E-state index contributed by atoms with van der Waals surface area (Å²) in [6, 6.07) is 9.84. The Morgan fingerprint density at radius 3 is 2.60 bits per heavy atom. The molecule has 1 atom stereocenters. The molecule has 1 amide bonds. The normalized spacial score (nSPS) is 12.2. The molecule has 0 saturated heterocycles. The van der Waals surface area contributed by atoms with E-state index >= 15 is 0 Å². The topological polar surface area (TPSA) is 50.7 Å². The number of aliphatic imine (C=N–C) groups is 1. The van der Waals surface area contributed by atoms with Crippen molar-refractivity contribution >= 4 is 26.4 Å². The summed E-state index contributed by atoms with van der Waals surface area (Å²) in [5, 5.41) is 2.85. The molecule has 20 heavy (non-hydrogen) atoms. The van der Waals surface area contributed by atoms with Crippen LogP contribution in [0.15, 0.2) is 35.3 Å². The van der Waals surface area contributed by atoms with Crippen molar-refractivity contribution in [2.45, 2.75) is 38.8 Å². The first kappa shape index (κ1) is 16.6. The van der Waals surface area contributed by atoms with Gasteiger partial charge in [0.1, 0.15) is 0 Å². The number of carbonyl (C=O) groups excluding carboxylic acids is 1. The number of nitrogens with one attached hydrogen (secondary N) is 1. The molecule has 0 aromatic heterocycles. The van der Waals surface area contributed by atoms with Gasteiger partial charge in [0.25, 0.3) is 0 Å². The van der Waals surface area contributed by atoms with E-state index in [1.165, 1.54) is 0 Å². The Morgan fingerprint density at radius 2 is 2.05 bits per heavy atom. The van der Waals surface area contributed by atoms with E-state index in [0.29, 0.717) is 13.0 Å². The Labute approximate surface area is 128 Å². The van der Waals surface area contributed by atoms with Crippen LogP contribution in [0.1, 0.15) is 26.3 Å². The van der Waals surface area contributed by atoms with Crippen LogP contribution in [0.25, 0.3) is 0 Å². The van der Waals surface area contributed by atoms with Crippen LogP contribution in [0.2, 0.25) is 0 Å². The average Bonchev–Trinajstić information content (AvgIpc) is 2.35. The first-order valence-electron chi connectivity index (χ1n) is 6.48. The number of carbonyl (C=O) groups is 1. The van der Waals surface area contributed by atoms with E-state index in [9.17, 15) is 4.79 Å². The van der Waals surface area contributed by atoms with E-state index < -0.39 is 11.7 Å². The molecule has 0 fully saturated rings. The van der Waals surface area contributed by atoms with Gasteiger partial charge in [-0.2, -0.15) is 0 Å². The summed E-state index contributed by atoms with van der Waals surface area (Å²) in [6.07, 6.45) is 0.277. The molecule has 108 valence electrons. The number of rotatable bonds is 5. The molecule has 1 aromatic carbocycles. The molecule has 0 aliphatic rings. The van der Waals surface area contributed by atoms with Gasteiger partial charge in [-0.05, 0) is 0 Å². The molecule has 0 saturated carbocycles. The van der Waals surface area contributed by atoms with Crippen LogP contribution in [0.3, 0.4) is 0 Å². The summed E-state index contributed by atoms with van der Waals surface area (Å²) in [7, 11) is 0. The molecular formula is C15H20N2O2Se. The van der Waals surface area contributed by atoms with Gasteiger partial charge in [0.15, 0.2) is 0 Å². The van der Waals surface area contributed by atoms with E-state index in [2.05, 4.69) is 30.6 Å². The standard InChI is InChI=1S/C15H20N2O2Se/c1-15(2,3)19-14(18)17-13(10-16-11-20)9-12-7-5-4-6-8-12/h4-8,13H,9-10H2,1-3H3,(H,17,18). The molecule has 0 radical (unpaired) electrons. The Balaban J connectivity index is 2.64. The van der Waals surface area contributed by atoms with Crippen LogP contribution in [-0.2, 0) is 11.2 Å². The third-order valence-corrected chi connectivity index (χ3v) is 2.69. The molecule has 4 nitrogen and oxygen atoms in total. The van der Waals surface area contributed by atoms with Crippen LogP contribution in [0, 0.1) is 0 Å². The van der Waals surface area contributed by atoms with E-state index in [0.717, 1.165) is 5.56 Å². The van der Waals surface area contributed by atoms with Gasteiger partial charge in [0.05, 0.1) is 0 Å². The molecule has 1 unspecified atom stereocenters. The number of alkyl carbamates (subject to hydrolysis) is 1. The minimum atomic E-state index is -0.505. The number of nitrogens with zero attached hydrogens (tertiary/aromatic N) is 1. The van der Waals surface area contributed by atoms with E-state index in [1.807, 2.05) is 51.1 Å². The molecule has 0 bridgehead atoms. The number of hydrogen-bond acceptors (Lipinski definition) is 3. The van der Waals surface area contributed by atoms with E-state index in [-0.39, 0.29) is 6.04 Å². The zero-order valence-electron chi connectivity index (χ0n) is 12.1. The zero-order valence-corrected chi connectivity index (χ0v) is 13.8. The van der Waals surface area contributed by atoms with Crippen molar-refractivity contribution < 1.29 is 9.53 Å². The molecule has 0 aliphatic heterocycles. The number of ether oxygens (including phenoxy) is 1. The fraction of sp³-hybridized carbons (Fsp3) is 0.467. The van der Waals surface area contributed by atoms with Crippen molar-refractivity contribution in [3.05, 3.63) is 35.9 Å². The van der Waals surface area contributed by atoms with Crippen LogP contribution < -0.4 is 5.32 Å². The van der Waals surface area contributed by atoms with Gasteiger partial charge in [-0.1, -0.05) is 0 Å². The Kier molecular flexibility index (Phi) is 6.66. The van der Waals surface area contributed by atoms with Gasteiger partial charge in [-0.25, -0.2) is 0 Å². The molecular weight excluding hydrogens is 319 g/mol. The molecule has 1 rings (SSSR count). The number of benzene rings is 1. The van der Waals surface area contributed by atoms with Crippen molar-refractivity contribution in [1.82, 2.24) is 5.32 Å². The second-order valence-electron chi connectivity index (χ2n) is 5.46. The Morgan fingerprint density at radius 1 is 1.40 bits per heavy atom. The van der Waals surface area contributed by atoms with Crippen LogP contribution in [-0.4, -0.2) is 44.6 Å². The Hall–Kier alpha value is -1.41. The van der Waals surface area contributed by atoms with Gasteiger partial charge in [-0.15, -0.1) is 0 Å². The van der Waals surface area contributed by atoms with Gasteiger partial charge in [-0.3, -0.25) is 0 Å². The molecule has 0 spiro atoms. The predicted octanol–water partition coefficient (Wildman–Crippen LogP) is 2.20. The molecule has 0 heterocycles. The Bertz CT molecular complexity index is 476. The van der Waals surface area contributed by atoms with E-state index in [4.69, 9.17) is 4.74 Å². The van der Waals surface area contributed by atoms with Crippen molar-refractivity contribution in [3.63, 3.8) is 0 Å². The second-order valence-corrected chi connectivity index (χ2v) is 5.85. The summed E-state index contributed by atoms with van der Waals surface area (Å²) < 4.78 is 7.88. The second kappa shape index (κ2) is 8.01. The maximum absolute atomic E-state index is 11.8. The molecule has 1 aromatic rings. The number of amides is 1. The van der Waals surface area contributed by atoms with Gasteiger partial charge in [0, 0.05) is 0 Å². The SMILES string of the molecule is CC(C)(C)OC(=O)NC(CN=C=[Se])Cc1ccccc1. The minimum absolute atomic E-state index is 0.118. The fourth-order valence-electron chi connectivity index (χ4n) is 1.68. The van der Waals surface area contributed by atoms with E-state index in [1.54, 1.807) is 0 Å². The zero-order chi connectivity index (χ0) is 15.0. The van der Waals surface area contributed by atoms with Crippen LogP contribution in [0.5, 0.6) is 0 Å². The summed E-state index contributed by atoms with van der Waals surface area (Å²) in [4.78, 5) is 15.9. The summed E-state index contributed by atoms with van der Waals surface area (Å²) >= 11 is 2.59. The third-order valence-electron chi connectivity index (χ3n) is 2.42. The molecule has 5 heteroatoms. The van der Waals surface area contributed by atoms with Gasteiger partial charge >= 0.3 is 127 Å². The average molecular weight is 339 g/mol. The molecule has 0 aliphatic carbocycles. The summed E-state index contributed by atoms with van der Waals surface area (Å²) in [6.45, 7) is 5.98. The van der Waals surface area contributed by atoms with Gasteiger partial charge < -0.3 is 0 Å². The van der Waals surface area contributed by atoms with Crippen molar-refractivity contribution in [1.29, 1.82) is 0 Å². The molecule has 1 N–H and O–H groups in total.